The minimum Gasteiger partial charge on any atom is -0.374 e. The van der Waals surface area contributed by atoms with Gasteiger partial charge in [0.05, 0.1) is 39.1 Å². The van der Waals surface area contributed by atoms with Gasteiger partial charge in [0.1, 0.15) is 24.4 Å². The van der Waals surface area contributed by atoms with Crippen LogP contribution in [-0.2, 0) is 56.5 Å². The fourth-order valence-electron chi connectivity index (χ4n) is 6.75. The second kappa shape index (κ2) is 18.6. The van der Waals surface area contributed by atoms with Crippen LogP contribution in [-0.4, -0.2) is 37.1 Å². The highest BCUT2D eigenvalue weighted by molar-refractivity contribution is 5.63. The van der Waals surface area contributed by atoms with Crippen molar-refractivity contribution in [3.63, 3.8) is 0 Å². The van der Waals surface area contributed by atoms with E-state index in [0.717, 1.165) is 27.8 Å². The second-order valence-electron chi connectivity index (χ2n) is 13.3. The van der Waals surface area contributed by atoms with Gasteiger partial charge < -0.3 is 23.7 Å². The van der Waals surface area contributed by atoms with Crippen LogP contribution in [0.4, 0.5) is 0 Å². The van der Waals surface area contributed by atoms with Crippen molar-refractivity contribution >= 4 is 0 Å². The monoisotopic (exact) mass is 690 g/mol. The molecule has 6 aromatic carbocycles. The third-order valence-corrected chi connectivity index (χ3v) is 9.48. The molecule has 1 aliphatic rings. The molecule has 0 bridgehead atoms. The number of ether oxygens (including phenoxy) is 5. The van der Waals surface area contributed by atoms with Gasteiger partial charge >= 0.3 is 0 Å². The second-order valence-corrected chi connectivity index (χ2v) is 13.3. The molecule has 1 heterocycles. The number of rotatable bonds is 16. The summed E-state index contributed by atoms with van der Waals surface area (Å²) in [7, 11) is 0. The van der Waals surface area contributed by atoms with E-state index in [4.69, 9.17) is 23.7 Å². The molecule has 0 aliphatic carbocycles. The summed E-state index contributed by atoms with van der Waals surface area (Å²) in [5.41, 5.74) is 7.89. The summed E-state index contributed by atoms with van der Waals surface area (Å²) >= 11 is 0. The van der Waals surface area contributed by atoms with Crippen LogP contribution in [0.2, 0.25) is 0 Å². The standard InChI is InChI=1S/C47H46O5/c1-6-16-37(17-7-1)31-48-35-44-46(50-33-39-20-10-3-11-21-39)47(51-34-40-22-12-4-13-23-40)45(49-32-38-18-8-2-9-19-38)43(52-44)30-36-26-28-42(29-27-36)41-24-14-5-15-25-41/h1-29,43-47H,30-35H2/t43-,44+,45-,46+,47+/m0/s1. The number of hydrogen-bond donors (Lipinski definition) is 0. The Kier molecular flexibility index (Phi) is 12.7. The van der Waals surface area contributed by atoms with Crippen molar-refractivity contribution in [2.75, 3.05) is 6.61 Å². The van der Waals surface area contributed by atoms with E-state index in [9.17, 15) is 0 Å². The van der Waals surface area contributed by atoms with Crippen LogP contribution in [0.3, 0.4) is 0 Å². The minimum atomic E-state index is -0.461. The van der Waals surface area contributed by atoms with Gasteiger partial charge in [-0.15, -0.1) is 0 Å². The van der Waals surface area contributed by atoms with Crippen LogP contribution in [0.1, 0.15) is 27.8 Å². The lowest BCUT2D eigenvalue weighted by atomic mass is 9.90. The maximum Gasteiger partial charge on any atom is 0.115 e. The summed E-state index contributed by atoms with van der Waals surface area (Å²) in [6.45, 7) is 2.06. The van der Waals surface area contributed by atoms with Crippen molar-refractivity contribution in [1.82, 2.24) is 0 Å². The Labute approximate surface area is 307 Å². The van der Waals surface area contributed by atoms with Gasteiger partial charge in [0.15, 0.2) is 0 Å². The molecule has 264 valence electrons. The molecule has 5 nitrogen and oxygen atoms in total. The van der Waals surface area contributed by atoms with Crippen LogP contribution in [0.15, 0.2) is 176 Å². The van der Waals surface area contributed by atoms with E-state index in [1.807, 2.05) is 78.9 Å². The van der Waals surface area contributed by atoms with Crippen LogP contribution in [0, 0.1) is 0 Å². The quantitative estimate of drug-likeness (QED) is 0.101. The molecule has 6 aromatic rings. The Morgan fingerprint density at radius 1 is 0.346 bits per heavy atom. The molecule has 0 saturated carbocycles. The average Bonchev–Trinajstić information content (AvgIpc) is 3.21. The first-order valence-corrected chi connectivity index (χ1v) is 18.2. The van der Waals surface area contributed by atoms with Gasteiger partial charge in [-0.3, -0.25) is 0 Å². The van der Waals surface area contributed by atoms with Crippen LogP contribution in [0.5, 0.6) is 0 Å². The highest BCUT2D eigenvalue weighted by atomic mass is 16.6. The van der Waals surface area contributed by atoms with Crippen LogP contribution in [0.25, 0.3) is 11.1 Å². The van der Waals surface area contributed by atoms with Crippen molar-refractivity contribution in [2.24, 2.45) is 0 Å². The fourth-order valence-corrected chi connectivity index (χ4v) is 6.75. The maximum atomic E-state index is 7.07. The van der Waals surface area contributed by atoms with E-state index in [-0.39, 0.29) is 6.10 Å². The minimum absolute atomic E-state index is 0.325. The van der Waals surface area contributed by atoms with Crippen LogP contribution >= 0.6 is 0 Å². The lowest BCUT2D eigenvalue weighted by molar-refractivity contribution is -0.272. The van der Waals surface area contributed by atoms with Crippen molar-refractivity contribution in [3.05, 3.63) is 204 Å². The molecule has 0 spiro atoms. The fraction of sp³-hybridized carbons (Fsp3) is 0.234. The Balaban J connectivity index is 1.20. The summed E-state index contributed by atoms with van der Waals surface area (Å²) in [4.78, 5) is 0. The molecule has 52 heavy (non-hydrogen) atoms. The first-order chi connectivity index (χ1) is 25.8. The van der Waals surface area contributed by atoms with Crippen LogP contribution < -0.4 is 0 Å². The molecule has 0 radical (unpaired) electrons. The maximum absolute atomic E-state index is 7.07. The van der Waals surface area contributed by atoms with E-state index in [2.05, 4.69) is 97.1 Å². The van der Waals surface area contributed by atoms with Crippen molar-refractivity contribution < 1.29 is 23.7 Å². The molecule has 0 amide bonds. The lowest BCUT2D eigenvalue weighted by Crippen LogP contribution is -2.61. The summed E-state index contributed by atoms with van der Waals surface area (Å²) in [5, 5.41) is 0. The van der Waals surface area contributed by atoms with Crippen molar-refractivity contribution in [2.45, 2.75) is 63.4 Å². The predicted octanol–water partition coefficient (Wildman–Crippen LogP) is 9.64. The zero-order chi connectivity index (χ0) is 35.2. The summed E-state index contributed by atoms with van der Waals surface area (Å²) in [6.07, 6.45) is -1.42. The summed E-state index contributed by atoms with van der Waals surface area (Å²) < 4.78 is 34.1. The van der Waals surface area contributed by atoms with Crippen molar-refractivity contribution in [1.29, 1.82) is 0 Å². The first-order valence-electron chi connectivity index (χ1n) is 18.2. The Hall–Kier alpha value is -4.88. The zero-order valence-electron chi connectivity index (χ0n) is 29.4. The van der Waals surface area contributed by atoms with Gasteiger partial charge in [0.25, 0.3) is 0 Å². The van der Waals surface area contributed by atoms with E-state index in [0.29, 0.717) is 39.5 Å². The largest absolute Gasteiger partial charge is 0.374 e. The summed E-state index contributed by atoms with van der Waals surface area (Å²) in [6, 6.07) is 60.2. The topological polar surface area (TPSA) is 46.2 Å². The van der Waals surface area contributed by atoms with Crippen molar-refractivity contribution in [3.8, 4) is 11.1 Å². The number of benzene rings is 6. The lowest BCUT2D eigenvalue weighted by Gasteiger charge is -2.46. The van der Waals surface area contributed by atoms with Gasteiger partial charge in [0.2, 0.25) is 0 Å². The Bertz CT molecular complexity index is 1870. The van der Waals surface area contributed by atoms with Gasteiger partial charge in [-0.1, -0.05) is 176 Å². The molecule has 5 heteroatoms. The van der Waals surface area contributed by atoms with E-state index < -0.39 is 24.4 Å². The molecule has 0 aromatic heterocycles. The van der Waals surface area contributed by atoms with Gasteiger partial charge in [-0.2, -0.15) is 0 Å². The zero-order valence-corrected chi connectivity index (χ0v) is 29.4. The third-order valence-electron chi connectivity index (χ3n) is 9.48. The third kappa shape index (κ3) is 9.91. The van der Waals surface area contributed by atoms with Gasteiger partial charge in [-0.25, -0.2) is 0 Å². The highest BCUT2D eigenvalue weighted by Gasteiger charge is 2.48. The van der Waals surface area contributed by atoms with E-state index in [1.165, 1.54) is 11.1 Å². The predicted molar refractivity (Wildman–Crippen MR) is 205 cm³/mol. The molecule has 5 atom stereocenters. The molecule has 1 fully saturated rings. The first kappa shape index (κ1) is 35.5. The number of hydrogen-bond acceptors (Lipinski definition) is 5. The molecule has 7 rings (SSSR count). The normalized spacial score (nSPS) is 20.0. The Morgan fingerprint density at radius 3 is 1.21 bits per heavy atom. The van der Waals surface area contributed by atoms with E-state index >= 15 is 0 Å². The molecule has 0 N–H and O–H groups in total. The summed E-state index contributed by atoms with van der Waals surface area (Å²) in [5.74, 6) is 0. The smallest absolute Gasteiger partial charge is 0.115 e. The van der Waals surface area contributed by atoms with E-state index in [1.54, 1.807) is 0 Å². The average molecular weight is 691 g/mol. The molecule has 0 unspecified atom stereocenters. The SMILES string of the molecule is c1ccc(COC[C@H]2O[C@@H](Cc3ccc(-c4ccccc4)cc3)[C@H](OCc3ccccc3)[C@@H](OCc3ccccc3)[C@@H]2OCc2ccccc2)cc1. The highest BCUT2D eigenvalue weighted by Crippen LogP contribution is 2.33. The Morgan fingerprint density at radius 2 is 0.731 bits per heavy atom. The van der Waals surface area contributed by atoms with Gasteiger partial charge in [-0.05, 0) is 38.9 Å². The molecular formula is C47H46O5. The molecule has 1 aliphatic heterocycles. The van der Waals surface area contributed by atoms with Gasteiger partial charge in [0, 0.05) is 6.42 Å². The molecule has 1 saturated heterocycles. The molecular weight excluding hydrogens is 645 g/mol.